The minimum Gasteiger partial charge on any atom is -0.512 e. The van der Waals surface area contributed by atoms with Crippen LogP contribution in [0.5, 0.6) is 0 Å². The summed E-state index contributed by atoms with van der Waals surface area (Å²) in [7, 11) is 0. The van der Waals surface area contributed by atoms with E-state index in [9.17, 15) is 9.90 Å². The van der Waals surface area contributed by atoms with Crippen LogP contribution < -0.4 is 0 Å². The van der Waals surface area contributed by atoms with Crippen LogP contribution in [0.4, 0.5) is 0 Å². The van der Waals surface area contributed by atoms with E-state index in [0.29, 0.717) is 5.92 Å². The van der Waals surface area contributed by atoms with Gasteiger partial charge in [0.2, 0.25) is 0 Å². The van der Waals surface area contributed by atoms with Crippen LogP contribution in [0, 0.1) is 36.7 Å². The molecule has 5 nitrogen and oxygen atoms in total. The van der Waals surface area contributed by atoms with Crippen LogP contribution in [0.25, 0.3) is 55.2 Å². The molecule has 0 amide bonds. The topological polar surface area (TPSA) is 76.5 Å². The summed E-state index contributed by atoms with van der Waals surface area (Å²) in [5.74, 6) is 2.74. The van der Waals surface area contributed by atoms with Crippen LogP contribution in [0.15, 0.2) is 81.3 Å². The molecule has 0 bridgehead atoms. The van der Waals surface area contributed by atoms with Gasteiger partial charge in [-0.25, -0.2) is 0 Å². The number of ketones is 1. The number of hydrogen-bond donors (Lipinski definition) is 1. The summed E-state index contributed by atoms with van der Waals surface area (Å²) in [6.07, 6.45) is 5.69. The number of carbonyl (C=O) groups excluding carboxylic acids is 1. The molecule has 3 heterocycles. The van der Waals surface area contributed by atoms with E-state index in [1.807, 2.05) is 54.5 Å². The molecular formula is C50H62IrNO4-. The molecule has 6 rings (SSSR count). The zero-order valence-electron chi connectivity index (χ0n) is 35.9. The molecule has 3 aromatic heterocycles. The van der Waals surface area contributed by atoms with Crippen molar-refractivity contribution in [3.63, 3.8) is 0 Å². The number of fused-ring (bicyclic) bond motifs is 3. The van der Waals surface area contributed by atoms with Crippen molar-refractivity contribution in [1.29, 1.82) is 0 Å². The number of hydrogen-bond acceptors (Lipinski definition) is 5. The fourth-order valence-corrected chi connectivity index (χ4v) is 7.17. The molecule has 0 fully saturated rings. The largest absolute Gasteiger partial charge is 0.512 e. The molecule has 0 saturated heterocycles. The van der Waals surface area contributed by atoms with Gasteiger partial charge >= 0.3 is 0 Å². The molecule has 0 aliphatic carbocycles. The average molecular weight is 933 g/mol. The first-order valence-corrected chi connectivity index (χ1v) is 20.2. The molecule has 0 unspecified atom stereocenters. The molecule has 0 aliphatic rings. The predicted octanol–water partition coefficient (Wildman–Crippen LogP) is 14.6. The van der Waals surface area contributed by atoms with Crippen molar-refractivity contribution >= 4 is 38.6 Å². The van der Waals surface area contributed by atoms with Crippen molar-refractivity contribution in [2.45, 2.75) is 128 Å². The number of aromatic nitrogens is 1. The van der Waals surface area contributed by atoms with Crippen molar-refractivity contribution < 1.29 is 38.8 Å². The van der Waals surface area contributed by atoms with Crippen molar-refractivity contribution in [3.05, 3.63) is 101 Å². The van der Waals surface area contributed by atoms with Gasteiger partial charge in [-0.1, -0.05) is 124 Å². The third-order valence-corrected chi connectivity index (χ3v) is 12.0. The molecule has 0 aliphatic heterocycles. The molecule has 0 atom stereocenters. The number of pyridine rings is 1. The van der Waals surface area contributed by atoms with Gasteiger partial charge in [0, 0.05) is 66.1 Å². The first-order chi connectivity index (χ1) is 25.9. The van der Waals surface area contributed by atoms with Gasteiger partial charge in [0.05, 0.1) is 0 Å². The van der Waals surface area contributed by atoms with E-state index in [1.165, 1.54) is 28.0 Å². The van der Waals surface area contributed by atoms with Crippen molar-refractivity contribution in [3.8, 4) is 22.4 Å². The molecule has 0 saturated carbocycles. The molecular weight excluding hydrogens is 871 g/mol. The Labute approximate surface area is 348 Å². The van der Waals surface area contributed by atoms with E-state index >= 15 is 0 Å². The molecule has 1 radical (unpaired) electrons. The van der Waals surface area contributed by atoms with Crippen LogP contribution in [0.2, 0.25) is 0 Å². The normalized spacial score (nSPS) is 12.6. The maximum atomic E-state index is 12.2. The van der Waals surface area contributed by atoms with Gasteiger partial charge in [-0.15, -0.1) is 29.1 Å². The second kappa shape index (κ2) is 17.7. The second-order valence-electron chi connectivity index (χ2n) is 17.4. The van der Waals surface area contributed by atoms with Gasteiger partial charge in [-0.2, -0.15) is 0 Å². The number of rotatable bonds is 11. The Morgan fingerprint density at radius 1 is 0.839 bits per heavy atom. The molecule has 1 N–H and O–H groups in total. The van der Waals surface area contributed by atoms with E-state index in [2.05, 4.69) is 102 Å². The maximum absolute atomic E-state index is 12.2. The molecule has 6 heteroatoms. The SMILES string of the molecule is CCC(C)(CC)C(=O)/C=C(\O)C(C)(CC)CC.Cc1cc2nc(-c3[c-]c4ccccc4c(C(C)(C)C)c3)cc(-c3ccc4c(C)c(CC(C)C)oc4c3)c2o1.[Ir]. The van der Waals surface area contributed by atoms with Gasteiger partial charge in [0.15, 0.2) is 11.4 Å². The summed E-state index contributed by atoms with van der Waals surface area (Å²) in [5.41, 5.74) is 8.42. The summed E-state index contributed by atoms with van der Waals surface area (Å²) < 4.78 is 12.5. The van der Waals surface area contributed by atoms with Crippen LogP contribution in [0.1, 0.15) is 124 Å². The summed E-state index contributed by atoms with van der Waals surface area (Å²) in [5, 5.41) is 13.6. The van der Waals surface area contributed by atoms with Crippen molar-refractivity contribution in [2.24, 2.45) is 16.7 Å². The van der Waals surface area contributed by atoms with Crippen LogP contribution >= 0.6 is 0 Å². The van der Waals surface area contributed by atoms with Gasteiger partial charge in [-0.05, 0) is 68.1 Å². The third-order valence-electron chi connectivity index (χ3n) is 12.0. The Hall–Kier alpha value is -3.99. The number of aryl methyl sites for hydroxylation is 2. The average Bonchev–Trinajstić information content (AvgIpc) is 3.69. The van der Waals surface area contributed by atoms with Crippen molar-refractivity contribution in [1.82, 2.24) is 4.98 Å². The van der Waals surface area contributed by atoms with Crippen LogP contribution in [-0.4, -0.2) is 15.9 Å². The van der Waals surface area contributed by atoms with Gasteiger partial charge in [0.25, 0.3) is 0 Å². The Morgan fingerprint density at radius 3 is 2.09 bits per heavy atom. The smallest absolute Gasteiger partial charge is 0.164 e. The molecule has 301 valence electrons. The van der Waals surface area contributed by atoms with E-state index < -0.39 is 0 Å². The van der Waals surface area contributed by atoms with Gasteiger partial charge in [0.1, 0.15) is 28.4 Å². The monoisotopic (exact) mass is 933 g/mol. The van der Waals surface area contributed by atoms with Gasteiger partial charge < -0.3 is 13.9 Å². The summed E-state index contributed by atoms with van der Waals surface area (Å²) in [6.45, 7) is 27.4. The zero-order valence-corrected chi connectivity index (χ0v) is 38.3. The Kier molecular flexibility index (Phi) is 14.1. The molecule has 3 aromatic carbocycles. The van der Waals surface area contributed by atoms with Crippen LogP contribution in [-0.2, 0) is 36.7 Å². The molecule has 0 spiro atoms. The number of furan rings is 2. The second-order valence-corrected chi connectivity index (χ2v) is 17.4. The Bertz CT molecular complexity index is 2340. The minimum atomic E-state index is -0.337. The van der Waals surface area contributed by atoms with Gasteiger partial charge in [-0.3, -0.25) is 9.78 Å². The standard InChI is InChI=1S/C35H34NO2.C15H28O2.Ir/c1-20(2)14-32-22(4)26-13-12-24(18-33(26)38-32)28-19-30(36-31-15-21(3)37-34(28)31)25-16-23-10-8-9-11-27(23)29(17-25)35(5,6)7;1-7-14(5,8-2)12(16)11-13(17)15(6,9-3)10-4;/h8-13,15,17-20H,14H2,1-7H3;11,16H,7-10H2,1-6H3;/q-1;;/b;12-11-;. The first kappa shape index (κ1) is 44.7. The predicted molar refractivity (Wildman–Crippen MR) is 231 cm³/mol. The number of aliphatic hydroxyl groups excluding tert-OH is 1. The number of nitrogens with zero attached hydrogens (tertiary/aromatic N) is 1. The quantitative estimate of drug-likeness (QED) is 0.0796. The number of allylic oxidation sites excluding steroid dienone is 2. The fraction of sp³-hybridized carbons (Fsp3) is 0.440. The third kappa shape index (κ3) is 9.24. The molecule has 56 heavy (non-hydrogen) atoms. The van der Waals surface area contributed by atoms with E-state index in [1.54, 1.807) is 0 Å². The first-order valence-electron chi connectivity index (χ1n) is 20.2. The molecule has 6 aromatic rings. The van der Waals surface area contributed by atoms with E-state index in [4.69, 9.17) is 13.8 Å². The number of carbonyl (C=O) groups is 1. The fourth-order valence-electron chi connectivity index (χ4n) is 7.17. The zero-order chi connectivity index (χ0) is 40.5. The Morgan fingerprint density at radius 2 is 1.48 bits per heavy atom. The minimum absolute atomic E-state index is 0. The Balaban J connectivity index is 0.000000330. The van der Waals surface area contributed by atoms with Crippen LogP contribution in [0.3, 0.4) is 0 Å². The summed E-state index contributed by atoms with van der Waals surface area (Å²) in [4.78, 5) is 17.2. The van der Waals surface area contributed by atoms with Crippen molar-refractivity contribution in [2.75, 3.05) is 0 Å². The number of benzene rings is 3. The maximum Gasteiger partial charge on any atom is 0.164 e. The summed E-state index contributed by atoms with van der Waals surface area (Å²) in [6, 6.07) is 25.1. The van der Waals surface area contributed by atoms with E-state index in [0.717, 1.165) is 88.1 Å². The van der Waals surface area contributed by atoms with E-state index in [-0.39, 0.29) is 47.9 Å². The summed E-state index contributed by atoms with van der Waals surface area (Å²) >= 11 is 0. The number of aliphatic hydroxyl groups is 1.